The van der Waals surface area contributed by atoms with E-state index in [1.54, 1.807) is 0 Å². The fourth-order valence-electron chi connectivity index (χ4n) is 4.06. The summed E-state index contributed by atoms with van der Waals surface area (Å²) in [6.45, 7) is 6.99. The molecule has 1 aliphatic carbocycles. The zero-order valence-electron chi connectivity index (χ0n) is 17.0. The van der Waals surface area contributed by atoms with Gasteiger partial charge in [-0.15, -0.1) is 11.3 Å². The highest BCUT2D eigenvalue weighted by molar-refractivity contribution is 9.10. The zero-order valence-corrected chi connectivity index (χ0v) is 19.4. The molecule has 0 bridgehead atoms. The topological polar surface area (TPSA) is 68.0 Å². The molecule has 3 aromatic rings. The molecule has 1 aliphatic rings. The molecule has 0 spiro atoms. The van der Waals surface area contributed by atoms with Crippen molar-refractivity contribution in [2.75, 3.05) is 11.1 Å². The number of carbonyl (C=O) groups excluding carboxylic acids is 1. The molecule has 29 heavy (non-hydrogen) atoms. The van der Waals surface area contributed by atoms with E-state index in [-0.39, 0.29) is 5.91 Å². The van der Waals surface area contributed by atoms with E-state index in [9.17, 15) is 4.79 Å². The zero-order chi connectivity index (χ0) is 20.8. The second kappa shape index (κ2) is 7.73. The molecule has 6 heteroatoms. The van der Waals surface area contributed by atoms with Crippen molar-refractivity contribution in [2.24, 2.45) is 11.3 Å². The lowest BCUT2D eigenvalue weighted by Crippen LogP contribution is -2.29. The largest absolute Gasteiger partial charge is 0.397 e. The number of anilines is 2. The van der Waals surface area contributed by atoms with Gasteiger partial charge in [0, 0.05) is 15.6 Å². The number of hydrogen-bond donors (Lipinski definition) is 2. The minimum atomic E-state index is -0.194. The Morgan fingerprint density at radius 2 is 2.14 bits per heavy atom. The number of carbonyl (C=O) groups is 1. The van der Waals surface area contributed by atoms with Crippen molar-refractivity contribution in [1.29, 1.82) is 0 Å². The number of rotatable bonds is 4. The Hall–Kier alpha value is -1.92. The van der Waals surface area contributed by atoms with Crippen molar-refractivity contribution in [1.82, 2.24) is 4.98 Å². The van der Waals surface area contributed by atoms with E-state index >= 15 is 0 Å². The average molecular weight is 472 g/mol. The summed E-state index contributed by atoms with van der Waals surface area (Å²) >= 11 is 4.84. The van der Waals surface area contributed by atoms with Crippen LogP contribution in [0.15, 0.2) is 34.8 Å². The van der Waals surface area contributed by atoms with E-state index in [1.807, 2.05) is 24.3 Å². The lowest BCUT2D eigenvalue weighted by Gasteiger charge is -2.36. The van der Waals surface area contributed by atoms with Crippen molar-refractivity contribution in [2.45, 2.75) is 46.5 Å². The average Bonchev–Trinajstić information content (AvgIpc) is 3.03. The van der Waals surface area contributed by atoms with Gasteiger partial charge >= 0.3 is 0 Å². The first kappa shape index (κ1) is 20.4. The van der Waals surface area contributed by atoms with Crippen LogP contribution in [0.1, 0.15) is 54.5 Å². The van der Waals surface area contributed by atoms with Gasteiger partial charge in [0.05, 0.1) is 11.4 Å². The van der Waals surface area contributed by atoms with Crippen molar-refractivity contribution < 1.29 is 4.79 Å². The van der Waals surface area contributed by atoms with Gasteiger partial charge in [-0.1, -0.05) is 39.3 Å². The number of nitrogens with two attached hydrogens (primary N) is 1. The molecule has 0 fully saturated rings. The molecular formula is C23H26BrN3OS. The highest BCUT2D eigenvalue weighted by Gasteiger charge is 2.32. The van der Waals surface area contributed by atoms with Gasteiger partial charge < -0.3 is 11.1 Å². The Balaban J connectivity index is 1.66. The van der Waals surface area contributed by atoms with Crippen LogP contribution in [0, 0.1) is 11.3 Å². The van der Waals surface area contributed by atoms with Crippen LogP contribution in [0.4, 0.5) is 11.4 Å². The highest BCUT2D eigenvalue weighted by Crippen LogP contribution is 2.42. The molecule has 4 rings (SSSR count). The molecule has 0 radical (unpaired) electrons. The number of fused-ring (bicyclic) bond motifs is 2. The van der Waals surface area contributed by atoms with Gasteiger partial charge in [0.15, 0.2) is 0 Å². The van der Waals surface area contributed by atoms with Crippen LogP contribution in [-0.4, -0.2) is 10.9 Å². The third-order valence-corrected chi connectivity index (χ3v) is 8.24. The van der Waals surface area contributed by atoms with Gasteiger partial charge in [-0.3, -0.25) is 4.79 Å². The lowest BCUT2D eigenvalue weighted by molar-refractivity contribution is 0.103. The first-order valence-corrected chi connectivity index (χ1v) is 11.7. The van der Waals surface area contributed by atoms with Crippen molar-refractivity contribution >= 4 is 54.8 Å². The van der Waals surface area contributed by atoms with Gasteiger partial charge in [-0.2, -0.15) is 0 Å². The van der Waals surface area contributed by atoms with E-state index in [2.05, 4.69) is 48.1 Å². The van der Waals surface area contributed by atoms with Crippen LogP contribution in [0.5, 0.6) is 0 Å². The van der Waals surface area contributed by atoms with E-state index in [4.69, 9.17) is 10.7 Å². The monoisotopic (exact) mass is 471 g/mol. The maximum atomic E-state index is 12.9. The fraction of sp³-hybridized carbons (Fsp3) is 0.391. The molecule has 0 saturated heterocycles. The molecule has 2 aromatic heterocycles. The van der Waals surface area contributed by atoms with Gasteiger partial charge in [-0.05, 0) is 70.3 Å². The van der Waals surface area contributed by atoms with Gasteiger partial charge in [-0.25, -0.2) is 4.98 Å². The molecule has 0 aliphatic heterocycles. The van der Waals surface area contributed by atoms with Gasteiger partial charge in [0.2, 0.25) is 0 Å². The Morgan fingerprint density at radius 3 is 2.86 bits per heavy atom. The van der Waals surface area contributed by atoms with Crippen LogP contribution in [0.3, 0.4) is 0 Å². The summed E-state index contributed by atoms with van der Waals surface area (Å²) < 4.78 is 0.839. The summed E-state index contributed by atoms with van der Waals surface area (Å²) in [5.41, 5.74) is 10.4. The van der Waals surface area contributed by atoms with Crippen molar-refractivity contribution in [3.63, 3.8) is 0 Å². The molecule has 1 amide bonds. The molecule has 4 nitrogen and oxygen atoms in total. The first-order chi connectivity index (χ1) is 13.8. The smallest absolute Gasteiger partial charge is 0.267 e. The van der Waals surface area contributed by atoms with E-state index in [0.717, 1.165) is 33.2 Å². The second-order valence-corrected chi connectivity index (χ2v) is 10.4. The molecule has 2 heterocycles. The van der Waals surface area contributed by atoms with Crippen LogP contribution in [-0.2, 0) is 12.8 Å². The molecular weight excluding hydrogens is 446 g/mol. The molecule has 3 N–H and O–H groups in total. The Morgan fingerprint density at radius 1 is 1.38 bits per heavy atom. The standard InChI is InChI=1S/C23H26BrN3OS/c1-4-23(2,3)14-9-10-17-13(11-14)12-15-19(25)20(29-22(15)27-17)21(28)26-18-8-6-5-7-16(18)24/h5-8,12,14H,4,9-11,25H2,1-3H3,(H,26,28). The maximum absolute atomic E-state index is 12.9. The SMILES string of the molecule is CCC(C)(C)C1CCc2nc3sc(C(=O)Nc4ccccc4Br)c(N)c3cc2C1. The number of aryl methyl sites for hydroxylation is 1. The van der Waals surface area contributed by atoms with Crippen LogP contribution >= 0.6 is 27.3 Å². The molecule has 0 saturated carbocycles. The number of halogens is 1. The van der Waals surface area contributed by atoms with Crippen LogP contribution in [0.25, 0.3) is 10.2 Å². The Bertz CT molecular complexity index is 1090. The molecule has 1 unspecified atom stereocenters. The number of amides is 1. The number of para-hydroxylation sites is 1. The number of nitrogens with one attached hydrogen (secondary N) is 1. The predicted molar refractivity (Wildman–Crippen MR) is 126 cm³/mol. The van der Waals surface area contributed by atoms with Gasteiger partial charge in [0.25, 0.3) is 5.91 Å². The van der Waals surface area contributed by atoms with E-state index in [0.29, 0.717) is 21.9 Å². The second-order valence-electron chi connectivity index (χ2n) is 8.51. The minimum absolute atomic E-state index is 0.194. The number of nitrogens with zero attached hydrogens (tertiary/aromatic N) is 1. The number of hydrogen-bond acceptors (Lipinski definition) is 4. The lowest BCUT2D eigenvalue weighted by atomic mass is 9.69. The highest BCUT2D eigenvalue weighted by atomic mass is 79.9. The predicted octanol–water partition coefficient (Wildman–Crippen LogP) is 6.43. The Kier molecular flexibility index (Phi) is 5.42. The third kappa shape index (κ3) is 3.80. The van der Waals surface area contributed by atoms with Crippen LogP contribution in [0.2, 0.25) is 0 Å². The van der Waals surface area contributed by atoms with E-state index < -0.39 is 0 Å². The molecule has 1 atom stereocenters. The summed E-state index contributed by atoms with van der Waals surface area (Å²) in [5.74, 6) is 0.456. The number of aromatic nitrogens is 1. The van der Waals surface area contributed by atoms with E-state index in [1.165, 1.54) is 35.4 Å². The molecule has 152 valence electrons. The van der Waals surface area contributed by atoms with Crippen molar-refractivity contribution in [3.8, 4) is 0 Å². The quantitative estimate of drug-likeness (QED) is 0.460. The summed E-state index contributed by atoms with van der Waals surface area (Å²) in [7, 11) is 0. The summed E-state index contributed by atoms with van der Waals surface area (Å²) in [5, 5.41) is 3.85. The number of pyridine rings is 1. The first-order valence-electron chi connectivity index (χ1n) is 10.1. The normalized spacial score (nSPS) is 16.6. The fourth-order valence-corrected chi connectivity index (χ4v) is 5.43. The van der Waals surface area contributed by atoms with Gasteiger partial charge in [0.1, 0.15) is 9.71 Å². The number of nitrogen functional groups attached to an aromatic ring is 1. The minimum Gasteiger partial charge on any atom is -0.397 e. The summed E-state index contributed by atoms with van der Waals surface area (Å²) in [6.07, 6.45) is 4.37. The van der Waals surface area contributed by atoms with Crippen molar-refractivity contribution in [3.05, 3.63) is 50.9 Å². The van der Waals surface area contributed by atoms with Crippen LogP contribution < -0.4 is 11.1 Å². The maximum Gasteiger partial charge on any atom is 0.267 e. The Labute approximate surface area is 184 Å². The number of benzene rings is 1. The summed E-state index contributed by atoms with van der Waals surface area (Å²) in [6, 6.07) is 9.73. The molecule has 1 aromatic carbocycles. The third-order valence-electron chi connectivity index (χ3n) is 6.43. The summed E-state index contributed by atoms with van der Waals surface area (Å²) in [4.78, 5) is 19.1. The number of thiophene rings is 1.